The molecule has 0 amide bonds. The van der Waals surface area contributed by atoms with Gasteiger partial charge in [-0.15, -0.1) is 0 Å². The maximum atomic E-state index is 6.08. The van der Waals surface area contributed by atoms with E-state index in [0.29, 0.717) is 0 Å². The second-order valence-electron chi connectivity index (χ2n) is 6.70. The van der Waals surface area contributed by atoms with Gasteiger partial charge in [0.15, 0.2) is 11.5 Å². The number of hydrogen-bond donors (Lipinski definition) is 0. The Morgan fingerprint density at radius 1 is 0.857 bits per heavy atom. The van der Waals surface area contributed by atoms with Crippen molar-refractivity contribution in [2.24, 2.45) is 0 Å². The maximum Gasteiger partial charge on any atom is 0.494 e. The fourth-order valence-electron chi connectivity index (χ4n) is 2.45. The Kier molecular flexibility index (Phi) is 3.66. The third-order valence-corrected chi connectivity index (χ3v) is 4.55. The van der Waals surface area contributed by atoms with Crippen LogP contribution in [0.5, 0.6) is 11.5 Å². The van der Waals surface area contributed by atoms with E-state index in [-0.39, 0.29) is 18.3 Å². The van der Waals surface area contributed by atoms with E-state index in [1.54, 1.807) is 0 Å². The molecule has 1 aromatic carbocycles. The van der Waals surface area contributed by atoms with E-state index in [0.717, 1.165) is 43.0 Å². The molecule has 0 saturated carbocycles. The summed E-state index contributed by atoms with van der Waals surface area (Å²) in [4.78, 5) is 0. The molecule has 0 unspecified atom stereocenters. The third-order valence-electron chi connectivity index (χ3n) is 4.55. The monoisotopic (exact) mass is 290 g/mol. The van der Waals surface area contributed by atoms with Crippen LogP contribution in [0, 0.1) is 0 Å². The van der Waals surface area contributed by atoms with Crippen molar-refractivity contribution in [3.05, 3.63) is 18.2 Å². The summed E-state index contributed by atoms with van der Waals surface area (Å²) in [5, 5.41) is 0. The van der Waals surface area contributed by atoms with Crippen molar-refractivity contribution >= 4 is 12.6 Å². The van der Waals surface area contributed by atoms with Gasteiger partial charge in [-0.25, -0.2) is 0 Å². The van der Waals surface area contributed by atoms with Gasteiger partial charge in [-0.1, -0.05) is 6.07 Å². The molecular formula is C16H23BO4. The molecule has 0 aliphatic carbocycles. The largest absolute Gasteiger partial charge is 0.494 e. The van der Waals surface area contributed by atoms with Crippen molar-refractivity contribution < 1.29 is 18.8 Å². The topological polar surface area (TPSA) is 36.9 Å². The molecule has 2 aliphatic rings. The van der Waals surface area contributed by atoms with Gasteiger partial charge in [-0.3, -0.25) is 0 Å². The summed E-state index contributed by atoms with van der Waals surface area (Å²) in [6.45, 7) is 9.69. The molecule has 1 fully saturated rings. The lowest BCUT2D eigenvalue weighted by Gasteiger charge is -2.32. The van der Waals surface area contributed by atoms with E-state index >= 15 is 0 Å². The van der Waals surface area contributed by atoms with E-state index in [9.17, 15) is 0 Å². The molecular weight excluding hydrogens is 267 g/mol. The third kappa shape index (κ3) is 2.77. The number of ether oxygens (including phenoxy) is 2. The Balaban J connectivity index is 1.85. The van der Waals surface area contributed by atoms with Gasteiger partial charge >= 0.3 is 7.12 Å². The van der Waals surface area contributed by atoms with E-state index < -0.39 is 0 Å². The molecule has 4 nitrogen and oxygen atoms in total. The van der Waals surface area contributed by atoms with Gasteiger partial charge in [-0.2, -0.15) is 0 Å². The van der Waals surface area contributed by atoms with E-state index in [2.05, 4.69) is 27.7 Å². The summed E-state index contributed by atoms with van der Waals surface area (Å²) in [7, 11) is -0.366. The summed E-state index contributed by atoms with van der Waals surface area (Å²) in [6, 6.07) is 5.91. The van der Waals surface area contributed by atoms with Crippen LogP contribution in [0.25, 0.3) is 0 Å². The zero-order valence-electron chi connectivity index (χ0n) is 13.3. The van der Waals surface area contributed by atoms with Crippen molar-refractivity contribution in [2.45, 2.75) is 51.7 Å². The van der Waals surface area contributed by atoms with E-state index in [4.69, 9.17) is 18.8 Å². The molecule has 0 spiro atoms. The molecule has 2 heterocycles. The Bertz CT molecular complexity index is 511. The summed E-state index contributed by atoms with van der Waals surface area (Å²) in [5.41, 5.74) is 0.301. The highest BCUT2D eigenvalue weighted by Crippen LogP contribution is 2.37. The SMILES string of the molecule is CC1(C)OB(c2ccc3c(c2)OCCCCO3)OC1(C)C. The zero-order chi connectivity index (χ0) is 15.1. The maximum absolute atomic E-state index is 6.08. The molecule has 3 rings (SSSR count). The van der Waals surface area contributed by atoms with Crippen LogP contribution >= 0.6 is 0 Å². The fraction of sp³-hybridized carbons (Fsp3) is 0.625. The molecule has 114 valence electrons. The van der Waals surface area contributed by atoms with Crippen LogP contribution in [0.1, 0.15) is 40.5 Å². The molecule has 0 bridgehead atoms. The Hall–Kier alpha value is -1.20. The minimum atomic E-state index is -0.366. The van der Waals surface area contributed by atoms with Gasteiger partial charge in [0.1, 0.15) is 0 Å². The van der Waals surface area contributed by atoms with Gasteiger partial charge in [0.2, 0.25) is 0 Å². The lowest BCUT2D eigenvalue weighted by atomic mass is 9.79. The van der Waals surface area contributed by atoms with Gasteiger partial charge < -0.3 is 18.8 Å². The minimum Gasteiger partial charge on any atom is -0.490 e. The molecule has 5 heteroatoms. The first-order valence-electron chi connectivity index (χ1n) is 7.64. The van der Waals surface area contributed by atoms with Crippen LogP contribution in [0.15, 0.2) is 18.2 Å². The highest BCUT2D eigenvalue weighted by Gasteiger charge is 2.51. The lowest BCUT2D eigenvalue weighted by molar-refractivity contribution is 0.00578. The van der Waals surface area contributed by atoms with Gasteiger partial charge in [0, 0.05) is 0 Å². The predicted molar refractivity (Wildman–Crippen MR) is 82.4 cm³/mol. The molecule has 1 saturated heterocycles. The molecule has 0 N–H and O–H groups in total. The van der Waals surface area contributed by atoms with Crippen molar-refractivity contribution in [3.8, 4) is 11.5 Å². The first kappa shape index (κ1) is 14.7. The summed E-state index contributed by atoms with van der Waals surface area (Å²) < 4.78 is 23.7. The molecule has 0 atom stereocenters. The quantitative estimate of drug-likeness (QED) is 0.745. The zero-order valence-corrected chi connectivity index (χ0v) is 13.3. The van der Waals surface area contributed by atoms with Crippen LogP contribution in [-0.4, -0.2) is 31.5 Å². The normalized spacial score (nSPS) is 23.5. The molecule has 21 heavy (non-hydrogen) atoms. The second-order valence-corrected chi connectivity index (χ2v) is 6.70. The van der Waals surface area contributed by atoms with Crippen molar-refractivity contribution in [3.63, 3.8) is 0 Å². The number of fused-ring (bicyclic) bond motifs is 1. The van der Waals surface area contributed by atoms with Crippen LogP contribution < -0.4 is 14.9 Å². The first-order chi connectivity index (χ1) is 9.89. The summed E-state index contributed by atoms with van der Waals surface area (Å²) in [5.74, 6) is 1.58. The number of benzene rings is 1. The van der Waals surface area contributed by atoms with E-state index in [1.165, 1.54) is 0 Å². The summed E-state index contributed by atoms with van der Waals surface area (Å²) >= 11 is 0. The highest BCUT2D eigenvalue weighted by molar-refractivity contribution is 6.62. The van der Waals surface area contributed by atoms with Crippen molar-refractivity contribution in [1.82, 2.24) is 0 Å². The first-order valence-corrected chi connectivity index (χ1v) is 7.64. The fourth-order valence-corrected chi connectivity index (χ4v) is 2.45. The van der Waals surface area contributed by atoms with Crippen LogP contribution in [-0.2, 0) is 9.31 Å². The molecule has 0 aromatic heterocycles. The second kappa shape index (κ2) is 5.22. The average molecular weight is 290 g/mol. The summed E-state index contributed by atoms with van der Waals surface area (Å²) in [6.07, 6.45) is 2.04. The van der Waals surface area contributed by atoms with Crippen molar-refractivity contribution in [1.29, 1.82) is 0 Å². The molecule has 1 aromatic rings. The molecule has 2 aliphatic heterocycles. The minimum absolute atomic E-state index is 0.334. The van der Waals surface area contributed by atoms with Crippen LogP contribution in [0.3, 0.4) is 0 Å². The van der Waals surface area contributed by atoms with Gasteiger partial charge in [-0.05, 0) is 58.1 Å². The van der Waals surface area contributed by atoms with Crippen molar-refractivity contribution in [2.75, 3.05) is 13.2 Å². The average Bonchev–Trinajstić information content (AvgIpc) is 2.59. The standard InChI is InChI=1S/C16H23BO4/c1-15(2)16(3,4)21-17(20-15)12-7-8-13-14(11-12)19-10-6-5-9-18-13/h7-8,11H,5-6,9-10H2,1-4H3. The van der Waals surface area contributed by atoms with Crippen LogP contribution in [0.2, 0.25) is 0 Å². The molecule has 0 radical (unpaired) electrons. The lowest BCUT2D eigenvalue weighted by Crippen LogP contribution is -2.41. The van der Waals surface area contributed by atoms with E-state index in [1.807, 2.05) is 18.2 Å². The Morgan fingerprint density at radius 3 is 2.05 bits per heavy atom. The Labute approximate surface area is 126 Å². The number of hydrogen-bond acceptors (Lipinski definition) is 4. The van der Waals surface area contributed by atoms with Gasteiger partial charge in [0.05, 0.1) is 24.4 Å². The number of rotatable bonds is 1. The predicted octanol–water partition coefficient (Wildman–Crippen LogP) is 2.54. The highest BCUT2D eigenvalue weighted by atomic mass is 16.7. The smallest absolute Gasteiger partial charge is 0.490 e. The van der Waals surface area contributed by atoms with Gasteiger partial charge in [0.25, 0.3) is 0 Å². The van der Waals surface area contributed by atoms with Crippen LogP contribution in [0.4, 0.5) is 0 Å². The Morgan fingerprint density at radius 2 is 1.43 bits per heavy atom.